The molecule has 0 saturated heterocycles. The Kier molecular flexibility index (Phi) is 7.22. The van der Waals surface area contributed by atoms with Crippen molar-refractivity contribution in [2.24, 2.45) is 11.1 Å². The summed E-state index contributed by atoms with van der Waals surface area (Å²) >= 11 is 0. The quantitative estimate of drug-likeness (QED) is 0.255. The number of fused-ring (bicyclic) bond motifs is 1. The molecular formula is C35H27F2N5O3. The molecule has 224 valence electrons. The highest BCUT2D eigenvalue weighted by atomic mass is 19.2. The van der Waals surface area contributed by atoms with E-state index >= 15 is 0 Å². The van der Waals surface area contributed by atoms with Gasteiger partial charge in [-0.25, -0.2) is 13.8 Å². The number of benzene rings is 3. The van der Waals surface area contributed by atoms with Gasteiger partial charge >= 0.3 is 0 Å². The third kappa shape index (κ3) is 5.21. The number of aromatic nitrogens is 1. The Labute approximate surface area is 258 Å². The molecule has 10 heteroatoms. The van der Waals surface area contributed by atoms with E-state index < -0.39 is 23.0 Å². The molecule has 0 radical (unpaired) electrons. The molecular weight excluding hydrogens is 576 g/mol. The second-order valence-electron chi connectivity index (χ2n) is 11.8. The number of anilines is 1. The van der Waals surface area contributed by atoms with E-state index in [0.29, 0.717) is 51.2 Å². The van der Waals surface area contributed by atoms with Crippen molar-refractivity contribution in [3.05, 3.63) is 112 Å². The molecule has 2 heterocycles. The minimum absolute atomic E-state index is 0.0205. The lowest BCUT2D eigenvalue weighted by molar-refractivity contribution is -0.118. The smallest absolute Gasteiger partial charge is 0.224 e. The van der Waals surface area contributed by atoms with Crippen LogP contribution in [0.15, 0.2) is 89.4 Å². The van der Waals surface area contributed by atoms with Gasteiger partial charge in [-0.2, -0.15) is 10.5 Å². The number of ketones is 1. The van der Waals surface area contributed by atoms with Crippen molar-refractivity contribution >= 4 is 22.4 Å². The Morgan fingerprint density at radius 1 is 0.956 bits per heavy atom. The van der Waals surface area contributed by atoms with E-state index in [2.05, 4.69) is 12.1 Å². The van der Waals surface area contributed by atoms with Crippen LogP contribution in [0.4, 0.5) is 14.5 Å². The molecule has 1 unspecified atom stereocenters. The molecule has 1 aromatic heterocycles. The van der Waals surface area contributed by atoms with Crippen molar-refractivity contribution in [1.29, 1.82) is 10.5 Å². The average Bonchev–Trinajstić information content (AvgIpc) is 3.01. The molecule has 0 amide bonds. The zero-order valence-electron chi connectivity index (χ0n) is 24.7. The van der Waals surface area contributed by atoms with Gasteiger partial charge in [-0.05, 0) is 72.5 Å². The van der Waals surface area contributed by atoms with E-state index in [9.17, 15) is 24.1 Å². The van der Waals surface area contributed by atoms with E-state index in [1.807, 2.05) is 13.8 Å². The summed E-state index contributed by atoms with van der Waals surface area (Å²) < 4.78 is 40.2. The van der Waals surface area contributed by atoms with Crippen LogP contribution in [0.1, 0.15) is 43.7 Å². The molecule has 1 aliphatic carbocycles. The van der Waals surface area contributed by atoms with Gasteiger partial charge in [-0.3, -0.25) is 9.69 Å². The fourth-order valence-corrected chi connectivity index (χ4v) is 6.02. The number of hydrogen-bond acceptors (Lipinski definition) is 8. The van der Waals surface area contributed by atoms with Gasteiger partial charge < -0.3 is 15.2 Å². The van der Waals surface area contributed by atoms with Crippen molar-refractivity contribution in [1.82, 2.24) is 4.98 Å². The van der Waals surface area contributed by atoms with Crippen LogP contribution < -0.4 is 20.1 Å². The molecule has 1 atom stereocenters. The van der Waals surface area contributed by atoms with Crippen LogP contribution in [-0.4, -0.2) is 17.9 Å². The first-order chi connectivity index (χ1) is 21.5. The first-order valence-corrected chi connectivity index (χ1v) is 14.1. The Bertz CT molecular complexity index is 2040. The minimum Gasteiger partial charge on any atom is -0.497 e. The summed E-state index contributed by atoms with van der Waals surface area (Å²) in [6.45, 7) is 3.88. The largest absolute Gasteiger partial charge is 0.497 e. The van der Waals surface area contributed by atoms with Crippen LogP contribution in [0.25, 0.3) is 10.9 Å². The zero-order valence-corrected chi connectivity index (χ0v) is 24.7. The summed E-state index contributed by atoms with van der Waals surface area (Å²) in [6, 6.07) is 21.2. The van der Waals surface area contributed by atoms with Crippen LogP contribution >= 0.6 is 0 Å². The number of Topliss-reactive ketones (excluding diaryl/α,β-unsaturated/α-hetero) is 1. The molecule has 0 spiro atoms. The number of nitrogens with two attached hydrogens (primary N) is 1. The number of rotatable bonds is 5. The molecule has 1 aliphatic heterocycles. The summed E-state index contributed by atoms with van der Waals surface area (Å²) in [4.78, 5) is 20.4. The van der Waals surface area contributed by atoms with Gasteiger partial charge in [0, 0.05) is 34.7 Å². The molecule has 0 saturated carbocycles. The van der Waals surface area contributed by atoms with Crippen LogP contribution in [0.3, 0.4) is 0 Å². The lowest BCUT2D eigenvalue weighted by Gasteiger charge is -2.43. The fourth-order valence-electron chi connectivity index (χ4n) is 6.02. The van der Waals surface area contributed by atoms with Gasteiger partial charge in [-0.15, -0.1) is 0 Å². The van der Waals surface area contributed by atoms with Crippen LogP contribution in [-0.2, 0) is 4.79 Å². The number of pyridine rings is 1. The highest BCUT2D eigenvalue weighted by Crippen LogP contribution is 2.52. The number of ether oxygens (including phenoxy) is 2. The second-order valence-corrected chi connectivity index (χ2v) is 11.8. The monoisotopic (exact) mass is 603 g/mol. The molecule has 8 nitrogen and oxygen atoms in total. The van der Waals surface area contributed by atoms with Crippen molar-refractivity contribution in [3.63, 3.8) is 0 Å². The maximum absolute atomic E-state index is 14.5. The summed E-state index contributed by atoms with van der Waals surface area (Å²) in [7, 11) is 1.54. The number of halogens is 2. The highest BCUT2D eigenvalue weighted by Gasteiger charge is 2.46. The number of allylic oxidation sites excluding steroid dienone is 3. The summed E-state index contributed by atoms with van der Waals surface area (Å²) in [5, 5.41) is 20.5. The van der Waals surface area contributed by atoms with Crippen molar-refractivity contribution in [2.75, 3.05) is 12.0 Å². The Morgan fingerprint density at radius 2 is 1.69 bits per heavy atom. The number of methoxy groups -OCH3 is 1. The normalized spacial score (nSPS) is 17.5. The maximum atomic E-state index is 14.5. The molecule has 2 N–H and O–H groups in total. The Hall–Kier alpha value is -5.74. The molecule has 4 aromatic rings. The van der Waals surface area contributed by atoms with Crippen molar-refractivity contribution in [3.8, 4) is 29.5 Å². The van der Waals surface area contributed by atoms with Gasteiger partial charge in [-0.1, -0.05) is 13.8 Å². The predicted molar refractivity (Wildman–Crippen MR) is 163 cm³/mol. The van der Waals surface area contributed by atoms with E-state index in [4.69, 9.17) is 20.2 Å². The van der Waals surface area contributed by atoms with E-state index in [1.54, 1.807) is 55.6 Å². The van der Waals surface area contributed by atoms with Gasteiger partial charge in [0.25, 0.3) is 0 Å². The van der Waals surface area contributed by atoms with E-state index in [-0.39, 0.29) is 35.2 Å². The van der Waals surface area contributed by atoms with Crippen molar-refractivity contribution in [2.45, 2.75) is 32.6 Å². The second kappa shape index (κ2) is 11.1. The van der Waals surface area contributed by atoms with Gasteiger partial charge in [0.15, 0.2) is 17.4 Å². The molecule has 0 fully saturated rings. The van der Waals surface area contributed by atoms with Gasteiger partial charge in [0.1, 0.15) is 17.3 Å². The number of hydrogen-bond donors (Lipinski definition) is 1. The maximum Gasteiger partial charge on any atom is 0.224 e. The predicted octanol–water partition coefficient (Wildman–Crippen LogP) is 7.13. The molecule has 0 bridgehead atoms. The minimum atomic E-state index is -1.09. The Balaban J connectivity index is 1.63. The SMILES string of the molecule is COc1ccc2nc(Oc3ccc(C#N)cc3)c(C3C(C#N)=C(N)N(c4ccc(F)c(F)c4)C4=C3C(=O)CC(C)(C)C4)cc2c1. The van der Waals surface area contributed by atoms with Gasteiger partial charge in [0.05, 0.1) is 47.5 Å². The zero-order chi connectivity index (χ0) is 32.0. The average molecular weight is 604 g/mol. The third-order valence-electron chi connectivity index (χ3n) is 8.07. The number of carbonyl (C=O) groups is 1. The number of nitrogens with zero attached hydrogens (tertiary/aromatic N) is 4. The lowest BCUT2D eigenvalue weighted by Crippen LogP contribution is -2.42. The number of carbonyl (C=O) groups excluding carboxylic acids is 1. The topological polar surface area (TPSA) is 125 Å². The van der Waals surface area contributed by atoms with Crippen LogP contribution in [0.5, 0.6) is 17.4 Å². The summed E-state index contributed by atoms with van der Waals surface area (Å²) in [6.07, 6.45) is 0.552. The third-order valence-corrected chi connectivity index (χ3v) is 8.07. The van der Waals surface area contributed by atoms with Crippen molar-refractivity contribution < 1.29 is 23.0 Å². The highest BCUT2D eigenvalue weighted by molar-refractivity contribution is 6.02. The lowest BCUT2D eigenvalue weighted by atomic mass is 9.68. The molecule has 45 heavy (non-hydrogen) atoms. The van der Waals surface area contributed by atoms with E-state index in [0.717, 1.165) is 12.1 Å². The standard InChI is InChI=1S/C35H27F2N5O3/c1-35(2)15-29-32(30(43)16-35)31(25(18-39)33(40)42(29)21-6-10-26(36)27(37)14-21)24-13-20-12-23(44-3)9-11-28(20)41-34(24)45-22-7-4-19(17-38)5-8-22/h4-14,31H,15-16,40H2,1-3H3. The van der Waals surface area contributed by atoms with E-state index in [1.165, 1.54) is 11.0 Å². The molecule has 3 aromatic carbocycles. The Morgan fingerprint density at radius 3 is 2.36 bits per heavy atom. The summed E-state index contributed by atoms with van der Waals surface area (Å²) in [5.41, 5.74) is 8.66. The first kappa shape index (κ1) is 29.3. The van der Waals surface area contributed by atoms with Crippen LogP contribution in [0, 0.1) is 39.7 Å². The first-order valence-electron chi connectivity index (χ1n) is 14.1. The molecule has 2 aliphatic rings. The summed E-state index contributed by atoms with van der Waals surface area (Å²) in [5.74, 6) is -2.24. The van der Waals surface area contributed by atoms with Gasteiger partial charge in [0.2, 0.25) is 5.88 Å². The fraction of sp³-hybridized carbons (Fsp3) is 0.200. The van der Waals surface area contributed by atoms with Crippen LogP contribution in [0.2, 0.25) is 0 Å². The molecule has 6 rings (SSSR count). The number of nitriles is 2.